The van der Waals surface area contributed by atoms with Gasteiger partial charge in [0.05, 0.1) is 7.11 Å². The number of benzene rings is 2. The Bertz CT molecular complexity index is 940. The maximum atomic E-state index is 12.8. The number of nitrogens with zero attached hydrogens (tertiary/aromatic N) is 1. The number of rotatable bonds is 6. The van der Waals surface area contributed by atoms with Gasteiger partial charge in [-0.2, -0.15) is 16.2 Å². The van der Waals surface area contributed by atoms with Crippen molar-refractivity contribution in [2.45, 2.75) is 108 Å². The average Bonchev–Trinajstić information content (AvgIpc) is 2.70. The predicted octanol–water partition coefficient (Wildman–Crippen LogP) is 12.8. The van der Waals surface area contributed by atoms with Gasteiger partial charge in [0.1, 0.15) is 11.5 Å². The van der Waals surface area contributed by atoms with Gasteiger partial charge in [-0.25, -0.2) is 0 Å². The number of para-hydroxylation sites is 1. The van der Waals surface area contributed by atoms with Crippen LogP contribution in [0.3, 0.4) is 0 Å². The van der Waals surface area contributed by atoms with Gasteiger partial charge in [-0.3, -0.25) is 0 Å². The topological polar surface area (TPSA) is 32.6 Å². The maximum Gasteiger partial charge on any atom is 4.00 e. The summed E-state index contributed by atoms with van der Waals surface area (Å²) in [5.74, 6) is 0.396. The van der Waals surface area contributed by atoms with Gasteiger partial charge in [-0.1, -0.05) is 125 Å². The SMILES string of the molecule is COc1ccc(OC(F)(F)F)c([N-]c2c(C(C)C)cccc2C(C)C)c1.[CH2-]C(C)(C)C.[CH2-]C(C)(C)C.[CH2-]C(C)(C)C.[Ti+4]. The van der Waals surface area contributed by atoms with Crippen molar-refractivity contribution in [3.8, 4) is 11.5 Å². The van der Waals surface area contributed by atoms with Gasteiger partial charge in [0.15, 0.2) is 0 Å². The molecule has 3 nitrogen and oxygen atoms in total. The second kappa shape index (κ2) is 18.9. The molecule has 0 saturated carbocycles. The maximum absolute atomic E-state index is 12.8. The smallest absolute Gasteiger partial charge is 0.654 e. The minimum Gasteiger partial charge on any atom is -0.654 e. The van der Waals surface area contributed by atoms with Gasteiger partial charge in [-0.05, 0) is 30.0 Å². The van der Waals surface area contributed by atoms with Gasteiger partial charge in [0, 0.05) is 0 Å². The van der Waals surface area contributed by atoms with E-state index in [1.165, 1.54) is 25.3 Å². The summed E-state index contributed by atoms with van der Waals surface area (Å²) in [6, 6.07) is 9.92. The van der Waals surface area contributed by atoms with Crippen molar-refractivity contribution in [1.82, 2.24) is 0 Å². The van der Waals surface area contributed by atoms with E-state index in [0.717, 1.165) is 11.1 Å². The number of hydrogen-bond donors (Lipinski definition) is 0. The Balaban J connectivity index is -0.000000785. The van der Waals surface area contributed by atoms with E-state index in [4.69, 9.17) is 4.74 Å². The average molecular weight is 628 g/mol. The molecule has 42 heavy (non-hydrogen) atoms. The number of hydrogen-bond acceptors (Lipinski definition) is 2. The summed E-state index contributed by atoms with van der Waals surface area (Å²) >= 11 is 0. The van der Waals surface area contributed by atoms with Crippen LogP contribution in [0.5, 0.6) is 11.5 Å². The van der Waals surface area contributed by atoms with Crippen LogP contribution in [0.1, 0.15) is 113 Å². The van der Waals surface area contributed by atoms with Crippen LogP contribution in [0.2, 0.25) is 0 Å². The Morgan fingerprint density at radius 1 is 0.690 bits per heavy atom. The molecular weight excluding hydrogens is 571 g/mol. The Kier molecular flexibility index (Phi) is 20.1. The first-order valence-electron chi connectivity index (χ1n) is 14.0. The molecule has 2 aromatic carbocycles. The Labute approximate surface area is 271 Å². The molecule has 0 aliphatic carbocycles. The zero-order valence-corrected chi connectivity index (χ0v) is 30.2. The molecule has 0 saturated heterocycles. The van der Waals surface area contributed by atoms with E-state index in [2.05, 4.69) is 93.1 Å². The minimum absolute atomic E-state index is 0. The van der Waals surface area contributed by atoms with E-state index in [0.29, 0.717) is 11.4 Å². The largest absolute Gasteiger partial charge is 4.00 e. The second-order valence-corrected chi connectivity index (χ2v) is 14.3. The molecular formula is C35H56F3NO2Ti. The molecule has 0 aromatic heterocycles. The molecule has 2 aromatic rings. The van der Waals surface area contributed by atoms with Crippen LogP contribution < -0.4 is 9.47 Å². The summed E-state index contributed by atoms with van der Waals surface area (Å²) in [7, 11) is 1.45. The van der Waals surface area contributed by atoms with Crippen molar-refractivity contribution < 1.29 is 44.4 Å². The van der Waals surface area contributed by atoms with Gasteiger partial charge in [-0.15, -0.1) is 18.9 Å². The third kappa shape index (κ3) is 27.2. The van der Waals surface area contributed by atoms with Crippen LogP contribution in [0, 0.1) is 37.0 Å². The second-order valence-electron chi connectivity index (χ2n) is 14.3. The zero-order chi connectivity index (χ0) is 33.0. The summed E-state index contributed by atoms with van der Waals surface area (Å²) in [6.45, 7) is 38.1. The van der Waals surface area contributed by atoms with Crippen LogP contribution in [-0.2, 0) is 21.7 Å². The van der Waals surface area contributed by atoms with Crippen molar-refractivity contribution in [2.75, 3.05) is 7.11 Å². The number of methoxy groups -OCH3 is 1. The third-order valence-corrected chi connectivity index (χ3v) is 3.97. The normalized spacial score (nSPS) is 11.6. The van der Waals surface area contributed by atoms with E-state index in [-0.39, 0.29) is 61.2 Å². The van der Waals surface area contributed by atoms with Crippen LogP contribution in [-0.4, -0.2) is 13.5 Å². The fourth-order valence-electron chi connectivity index (χ4n) is 2.68. The summed E-state index contributed by atoms with van der Waals surface area (Å²) in [5, 5.41) is 4.57. The first-order valence-corrected chi connectivity index (χ1v) is 14.0. The van der Waals surface area contributed by atoms with E-state index in [1.54, 1.807) is 0 Å². The van der Waals surface area contributed by atoms with Gasteiger partial charge < -0.3 is 35.6 Å². The van der Waals surface area contributed by atoms with Crippen molar-refractivity contribution in [1.29, 1.82) is 0 Å². The molecule has 0 radical (unpaired) electrons. The molecule has 0 aliphatic heterocycles. The van der Waals surface area contributed by atoms with E-state index in [9.17, 15) is 13.2 Å². The van der Waals surface area contributed by atoms with Crippen molar-refractivity contribution in [3.63, 3.8) is 0 Å². The Morgan fingerprint density at radius 3 is 1.33 bits per heavy atom. The summed E-state index contributed by atoms with van der Waals surface area (Å²) in [4.78, 5) is 0. The zero-order valence-electron chi connectivity index (χ0n) is 28.6. The molecule has 0 N–H and O–H groups in total. The van der Waals surface area contributed by atoms with Crippen molar-refractivity contribution in [3.05, 3.63) is 73.6 Å². The minimum atomic E-state index is -4.79. The Morgan fingerprint density at radius 2 is 1.05 bits per heavy atom. The van der Waals surface area contributed by atoms with E-state index < -0.39 is 6.36 Å². The molecule has 0 aliphatic rings. The number of halogens is 3. The van der Waals surface area contributed by atoms with Crippen LogP contribution in [0.25, 0.3) is 5.32 Å². The van der Waals surface area contributed by atoms with E-state index >= 15 is 0 Å². The Hall–Kier alpha value is -1.66. The first kappa shape index (κ1) is 44.8. The van der Waals surface area contributed by atoms with Crippen molar-refractivity contribution >= 4 is 11.4 Å². The molecule has 0 bridgehead atoms. The predicted molar refractivity (Wildman–Crippen MR) is 171 cm³/mol. The van der Waals surface area contributed by atoms with Crippen molar-refractivity contribution in [2.24, 2.45) is 16.2 Å². The summed E-state index contributed by atoms with van der Waals surface area (Å²) in [6.07, 6.45) is -4.79. The number of alkyl halides is 3. The molecule has 0 heterocycles. The summed E-state index contributed by atoms with van der Waals surface area (Å²) in [5.41, 5.74) is 3.45. The third-order valence-electron chi connectivity index (χ3n) is 3.97. The molecule has 0 unspecified atom stereocenters. The monoisotopic (exact) mass is 627 g/mol. The molecule has 2 rings (SSSR count). The van der Waals surface area contributed by atoms with Crippen LogP contribution in [0.15, 0.2) is 36.4 Å². The fourth-order valence-corrected chi connectivity index (χ4v) is 2.68. The number of ether oxygens (including phenoxy) is 2. The summed E-state index contributed by atoms with van der Waals surface area (Å²) < 4.78 is 47.6. The quantitative estimate of drug-likeness (QED) is 0.236. The molecule has 0 fully saturated rings. The fraction of sp³-hybridized carbons (Fsp3) is 0.571. The van der Waals surface area contributed by atoms with Gasteiger partial charge in [0.2, 0.25) is 0 Å². The molecule has 0 atom stereocenters. The van der Waals surface area contributed by atoms with Crippen LogP contribution >= 0.6 is 0 Å². The first-order chi connectivity index (χ1) is 18.1. The standard InChI is InChI=1S/C20H23F3NO2.3C5H11.Ti/c1-12(2)15-7-6-8-16(13(3)4)19(15)24-17-11-14(25-5)9-10-18(17)26-20(21,22)23;3*1-5(2,3)4;/h6-13H,1-5H3;3*1H2,2-4H3;/q4*-1;+4. The molecule has 7 heteroatoms. The van der Waals surface area contributed by atoms with E-state index in [1.807, 2.05) is 45.9 Å². The molecule has 0 amide bonds. The van der Waals surface area contributed by atoms with Gasteiger partial charge >= 0.3 is 28.1 Å². The molecule has 238 valence electrons. The van der Waals surface area contributed by atoms with Gasteiger partial charge in [0.25, 0.3) is 0 Å². The van der Waals surface area contributed by atoms with Crippen LogP contribution in [0.4, 0.5) is 24.5 Å². The molecule has 0 spiro atoms.